The minimum atomic E-state index is -1.25. The Morgan fingerprint density at radius 3 is 2.30 bits per heavy atom. The van der Waals surface area contributed by atoms with Crippen molar-refractivity contribution in [1.29, 1.82) is 0 Å². The molecule has 1 aliphatic heterocycles. The first kappa shape index (κ1) is 24.0. The molecule has 186 valence electrons. The van der Waals surface area contributed by atoms with Crippen LogP contribution in [0.15, 0.2) is 109 Å². The lowest BCUT2D eigenvalue weighted by molar-refractivity contribution is -0.130. The van der Waals surface area contributed by atoms with E-state index in [9.17, 15) is 9.59 Å². The van der Waals surface area contributed by atoms with E-state index in [2.05, 4.69) is 10.3 Å². The molecule has 0 fully saturated rings. The first-order valence-electron chi connectivity index (χ1n) is 12.2. The molecule has 0 radical (unpaired) electrons. The third kappa shape index (κ3) is 4.86. The molecule has 0 saturated carbocycles. The van der Waals surface area contributed by atoms with E-state index < -0.39 is 5.54 Å². The number of nitrogens with zero attached hydrogens (tertiary/aromatic N) is 4. The highest BCUT2D eigenvalue weighted by molar-refractivity contribution is 6.09. The molecule has 0 unspecified atom stereocenters. The number of carbonyl (C=O) groups excluding carboxylic acids is 2. The number of aliphatic imine (C=N–C) groups is 1. The summed E-state index contributed by atoms with van der Waals surface area (Å²) in [5.74, 6) is -0.242. The summed E-state index contributed by atoms with van der Waals surface area (Å²) in [6, 6.07) is 26.2. The average molecular weight is 493 g/mol. The Balaban J connectivity index is 1.32. The van der Waals surface area contributed by atoms with E-state index in [1.807, 2.05) is 83.6 Å². The van der Waals surface area contributed by atoms with E-state index in [4.69, 9.17) is 10.7 Å². The highest BCUT2D eigenvalue weighted by atomic mass is 16.2. The van der Waals surface area contributed by atoms with E-state index in [0.717, 1.165) is 29.7 Å². The average Bonchev–Trinajstić information content (AvgIpc) is 3.55. The molecule has 5 rings (SSSR count). The second kappa shape index (κ2) is 10.5. The summed E-state index contributed by atoms with van der Waals surface area (Å²) in [7, 11) is 0. The Bertz CT molecular complexity index is 1360. The topological polar surface area (TPSA) is 106 Å². The number of rotatable bonds is 9. The minimum Gasteiger partial charge on any atom is -0.369 e. The zero-order valence-corrected chi connectivity index (χ0v) is 20.3. The van der Waals surface area contributed by atoms with Crippen molar-refractivity contribution in [3.05, 3.63) is 126 Å². The van der Waals surface area contributed by atoms with Gasteiger partial charge in [-0.2, -0.15) is 0 Å². The molecule has 1 aromatic heterocycles. The van der Waals surface area contributed by atoms with Crippen molar-refractivity contribution in [3.8, 4) is 0 Å². The maximum atomic E-state index is 14.0. The monoisotopic (exact) mass is 492 g/mol. The van der Waals surface area contributed by atoms with Crippen molar-refractivity contribution in [2.24, 2.45) is 10.7 Å². The Morgan fingerprint density at radius 2 is 1.65 bits per heavy atom. The molecule has 0 atom stereocenters. The second-order valence-corrected chi connectivity index (χ2v) is 8.91. The molecule has 4 aromatic rings. The summed E-state index contributed by atoms with van der Waals surface area (Å²) < 4.78 is 1.97. The number of benzene rings is 3. The van der Waals surface area contributed by atoms with E-state index in [0.29, 0.717) is 12.1 Å². The molecule has 3 aromatic carbocycles. The summed E-state index contributed by atoms with van der Waals surface area (Å²) in [4.78, 5) is 37.0. The zero-order valence-electron chi connectivity index (χ0n) is 20.3. The normalized spacial score (nSPS) is 14.4. The van der Waals surface area contributed by atoms with Crippen molar-refractivity contribution < 1.29 is 9.59 Å². The third-order valence-corrected chi connectivity index (χ3v) is 6.46. The summed E-state index contributed by atoms with van der Waals surface area (Å²) in [6.45, 7) is 1.53. The first-order valence-corrected chi connectivity index (χ1v) is 12.2. The van der Waals surface area contributed by atoms with Crippen LogP contribution in [0.2, 0.25) is 0 Å². The number of nitrogens with one attached hydrogen (secondary N) is 1. The van der Waals surface area contributed by atoms with E-state index in [-0.39, 0.29) is 24.3 Å². The molecule has 1 aliphatic rings. The van der Waals surface area contributed by atoms with Gasteiger partial charge >= 0.3 is 0 Å². The van der Waals surface area contributed by atoms with Gasteiger partial charge in [0.1, 0.15) is 0 Å². The fourth-order valence-corrected chi connectivity index (χ4v) is 4.61. The number of imidazole rings is 1. The van der Waals surface area contributed by atoms with Crippen molar-refractivity contribution in [1.82, 2.24) is 19.8 Å². The van der Waals surface area contributed by atoms with Gasteiger partial charge in [-0.1, -0.05) is 72.8 Å². The first-order chi connectivity index (χ1) is 18.1. The quantitative estimate of drug-likeness (QED) is 0.350. The zero-order chi connectivity index (χ0) is 25.7. The number of carbonyl (C=O) groups is 2. The molecule has 8 nitrogen and oxygen atoms in total. The number of nitrogens with two attached hydrogens (primary N) is 1. The van der Waals surface area contributed by atoms with Gasteiger partial charge in [-0.3, -0.25) is 14.5 Å². The van der Waals surface area contributed by atoms with Crippen LogP contribution < -0.4 is 11.1 Å². The molecular formula is C29H28N6O2. The molecule has 37 heavy (non-hydrogen) atoms. The molecule has 2 amide bonds. The predicted octanol–water partition coefficient (Wildman–Crippen LogP) is 3.30. The van der Waals surface area contributed by atoms with Crippen LogP contribution in [0.25, 0.3) is 0 Å². The van der Waals surface area contributed by atoms with Crippen LogP contribution in [0, 0.1) is 0 Å². The summed E-state index contributed by atoms with van der Waals surface area (Å²) in [5, 5.41) is 2.95. The molecule has 0 spiro atoms. The Morgan fingerprint density at radius 1 is 0.946 bits per heavy atom. The van der Waals surface area contributed by atoms with Gasteiger partial charge in [-0.15, -0.1) is 0 Å². The van der Waals surface area contributed by atoms with Gasteiger partial charge in [-0.05, 0) is 35.2 Å². The number of hydrogen-bond acceptors (Lipinski definition) is 5. The lowest BCUT2D eigenvalue weighted by atomic mass is 9.83. The lowest BCUT2D eigenvalue weighted by Crippen LogP contribution is -2.43. The van der Waals surface area contributed by atoms with Gasteiger partial charge in [0.15, 0.2) is 11.5 Å². The molecule has 0 saturated heterocycles. The van der Waals surface area contributed by atoms with Crippen LogP contribution in [-0.2, 0) is 23.4 Å². The van der Waals surface area contributed by atoms with Crippen molar-refractivity contribution in [2.75, 3.05) is 6.54 Å². The van der Waals surface area contributed by atoms with Crippen LogP contribution >= 0.6 is 0 Å². The smallest absolute Gasteiger partial charge is 0.266 e. The summed E-state index contributed by atoms with van der Waals surface area (Å²) in [5.41, 5.74) is 7.92. The number of amides is 2. The molecule has 3 N–H and O–H groups in total. The van der Waals surface area contributed by atoms with Gasteiger partial charge < -0.3 is 15.6 Å². The minimum absolute atomic E-state index is 0.145. The van der Waals surface area contributed by atoms with E-state index >= 15 is 0 Å². The Labute approximate surface area is 215 Å². The summed E-state index contributed by atoms with van der Waals surface area (Å²) in [6.07, 6.45) is 6.17. The van der Waals surface area contributed by atoms with Crippen LogP contribution in [0.1, 0.15) is 33.5 Å². The number of aryl methyl sites for hydroxylation is 1. The molecule has 2 heterocycles. The van der Waals surface area contributed by atoms with Crippen LogP contribution in [0.5, 0.6) is 0 Å². The fraction of sp³-hybridized carbons (Fsp3) is 0.172. The SMILES string of the molecule is NC1=NC(c2ccccc2)(c2ccccc2)C(=O)N1Cc1cccc(C(=O)NCCCn2ccnc2)c1. The summed E-state index contributed by atoms with van der Waals surface area (Å²) >= 11 is 0. The largest absolute Gasteiger partial charge is 0.369 e. The number of hydrogen-bond donors (Lipinski definition) is 2. The third-order valence-electron chi connectivity index (χ3n) is 6.46. The second-order valence-electron chi connectivity index (χ2n) is 8.91. The van der Waals surface area contributed by atoms with Gasteiger partial charge in [0.2, 0.25) is 0 Å². The predicted molar refractivity (Wildman–Crippen MR) is 141 cm³/mol. The highest BCUT2D eigenvalue weighted by Gasteiger charge is 2.50. The molecule has 8 heteroatoms. The number of guanidine groups is 1. The lowest BCUT2D eigenvalue weighted by Gasteiger charge is -2.27. The van der Waals surface area contributed by atoms with Crippen LogP contribution in [0.4, 0.5) is 0 Å². The Kier molecular flexibility index (Phi) is 6.81. The standard InChI is InChI=1S/C29H28N6O2/c30-28-33-29(24-11-3-1-4-12-24,25-13-5-2-6-14-25)27(37)35(28)20-22-9-7-10-23(19-22)26(36)32-15-8-17-34-18-16-31-21-34/h1-7,9-14,16,18-19,21H,8,15,17,20H2,(H2,30,33)(H,32,36). The maximum absolute atomic E-state index is 14.0. The van der Waals surface area contributed by atoms with Crippen molar-refractivity contribution >= 4 is 17.8 Å². The van der Waals surface area contributed by atoms with Gasteiger partial charge in [-0.25, -0.2) is 9.98 Å². The van der Waals surface area contributed by atoms with E-state index in [1.165, 1.54) is 4.90 Å². The molecular weight excluding hydrogens is 464 g/mol. The van der Waals surface area contributed by atoms with Crippen LogP contribution in [0.3, 0.4) is 0 Å². The van der Waals surface area contributed by atoms with E-state index in [1.54, 1.807) is 24.7 Å². The molecule has 0 aliphatic carbocycles. The Hall–Kier alpha value is -4.72. The maximum Gasteiger partial charge on any atom is 0.266 e. The van der Waals surface area contributed by atoms with Crippen molar-refractivity contribution in [3.63, 3.8) is 0 Å². The molecule has 0 bridgehead atoms. The van der Waals surface area contributed by atoms with Gasteiger partial charge in [0.05, 0.1) is 12.9 Å². The number of aromatic nitrogens is 2. The van der Waals surface area contributed by atoms with Crippen LogP contribution in [-0.4, -0.2) is 38.8 Å². The van der Waals surface area contributed by atoms with Crippen molar-refractivity contribution in [2.45, 2.75) is 25.0 Å². The van der Waals surface area contributed by atoms with Gasteiger partial charge in [0, 0.05) is 31.0 Å². The highest BCUT2D eigenvalue weighted by Crippen LogP contribution is 2.39. The van der Waals surface area contributed by atoms with Gasteiger partial charge in [0.25, 0.3) is 11.8 Å². The fourth-order valence-electron chi connectivity index (χ4n) is 4.61.